The van der Waals surface area contributed by atoms with Crippen molar-refractivity contribution in [3.05, 3.63) is 29.6 Å². The molecule has 1 aliphatic heterocycles. The van der Waals surface area contributed by atoms with Gasteiger partial charge in [0.2, 0.25) is 0 Å². The molecule has 0 radical (unpaired) electrons. The molecule has 7 heteroatoms. The summed E-state index contributed by atoms with van der Waals surface area (Å²) in [7, 11) is 0. The van der Waals surface area contributed by atoms with E-state index in [9.17, 15) is 4.79 Å². The van der Waals surface area contributed by atoms with Gasteiger partial charge in [0.25, 0.3) is 5.91 Å². The van der Waals surface area contributed by atoms with Gasteiger partial charge in [-0.15, -0.1) is 19.0 Å². The number of ether oxygens (including phenoxy) is 1. The van der Waals surface area contributed by atoms with E-state index in [2.05, 4.69) is 27.4 Å². The van der Waals surface area contributed by atoms with Crippen LogP contribution in [0, 0.1) is 0 Å². The number of halogens is 1. The first-order chi connectivity index (χ1) is 9.33. The van der Waals surface area contributed by atoms with Gasteiger partial charge in [-0.2, -0.15) is 5.10 Å². The van der Waals surface area contributed by atoms with Gasteiger partial charge in [0.05, 0.1) is 13.2 Å². The second-order valence-corrected chi connectivity index (χ2v) is 4.40. The lowest BCUT2D eigenvalue weighted by Gasteiger charge is -2.12. The van der Waals surface area contributed by atoms with E-state index in [4.69, 9.17) is 4.74 Å². The summed E-state index contributed by atoms with van der Waals surface area (Å²) in [5, 5.41) is 13.1. The number of nitrogens with zero attached hydrogens (tertiary/aromatic N) is 1. The topological polar surface area (TPSA) is 79.0 Å². The Labute approximate surface area is 124 Å². The molecule has 0 saturated carbocycles. The first-order valence-electron chi connectivity index (χ1n) is 6.56. The minimum Gasteiger partial charge on any atom is -0.379 e. The maximum atomic E-state index is 12.0. The van der Waals surface area contributed by atoms with E-state index in [1.165, 1.54) is 0 Å². The standard InChI is InChI=1S/C13H20N4O2.ClH/c1-2-3-7-19-8-6-15-13(18)12-10-9-14-5-4-11(10)16-17-12;/h2,14H,1,3-9H2,(H,15,18)(H,16,17);1H. The third-order valence-electron chi connectivity index (χ3n) is 3.02. The average Bonchev–Trinajstić information content (AvgIpc) is 2.86. The lowest BCUT2D eigenvalue weighted by Crippen LogP contribution is -2.30. The lowest BCUT2D eigenvalue weighted by molar-refractivity contribution is 0.0912. The Morgan fingerprint density at radius 3 is 3.15 bits per heavy atom. The van der Waals surface area contributed by atoms with Crippen molar-refractivity contribution < 1.29 is 9.53 Å². The number of hydrogen-bond acceptors (Lipinski definition) is 4. The van der Waals surface area contributed by atoms with Crippen LogP contribution in [0.4, 0.5) is 0 Å². The van der Waals surface area contributed by atoms with E-state index < -0.39 is 0 Å². The Balaban J connectivity index is 0.00000200. The molecule has 112 valence electrons. The second-order valence-electron chi connectivity index (χ2n) is 4.40. The molecule has 0 spiro atoms. The number of nitrogens with one attached hydrogen (secondary N) is 3. The highest BCUT2D eigenvalue weighted by Gasteiger charge is 2.20. The van der Waals surface area contributed by atoms with Crippen LogP contribution in [0.2, 0.25) is 0 Å². The summed E-state index contributed by atoms with van der Waals surface area (Å²) in [5.74, 6) is -0.145. The molecule has 6 nitrogen and oxygen atoms in total. The predicted molar refractivity (Wildman–Crippen MR) is 79.2 cm³/mol. The van der Waals surface area contributed by atoms with Gasteiger partial charge in [0.15, 0.2) is 5.69 Å². The highest BCUT2D eigenvalue weighted by molar-refractivity contribution is 5.94. The van der Waals surface area contributed by atoms with Crippen molar-refractivity contribution in [2.24, 2.45) is 0 Å². The molecule has 0 fully saturated rings. The van der Waals surface area contributed by atoms with Crippen molar-refractivity contribution in [3.8, 4) is 0 Å². The summed E-state index contributed by atoms with van der Waals surface area (Å²) in [4.78, 5) is 12.0. The van der Waals surface area contributed by atoms with Crippen LogP contribution < -0.4 is 10.6 Å². The second kappa shape index (κ2) is 8.73. The van der Waals surface area contributed by atoms with Crippen LogP contribution in [-0.4, -0.2) is 42.4 Å². The van der Waals surface area contributed by atoms with Crippen LogP contribution in [0.15, 0.2) is 12.7 Å². The Bertz CT molecular complexity index is 448. The smallest absolute Gasteiger partial charge is 0.272 e. The lowest BCUT2D eigenvalue weighted by atomic mass is 10.1. The first-order valence-corrected chi connectivity index (χ1v) is 6.56. The minimum atomic E-state index is -0.145. The van der Waals surface area contributed by atoms with Crippen LogP contribution in [-0.2, 0) is 17.7 Å². The zero-order valence-electron chi connectivity index (χ0n) is 11.4. The number of amides is 1. The van der Waals surface area contributed by atoms with E-state index in [-0.39, 0.29) is 18.3 Å². The van der Waals surface area contributed by atoms with Crippen molar-refractivity contribution in [2.45, 2.75) is 19.4 Å². The Morgan fingerprint density at radius 2 is 2.35 bits per heavy atom. The number of H-pyrrole nitrogens is 1. The molecule has 1 amide bonds. The molecule has 2 rings (SSSR count). The molecule has 0 bridgehead atoms. The van der Waals surface area contributed by atoms with Gasteiger partial charge < -0.3 is 15.4 Å². The van der Waals surface area contributed by atoms with Gasteiger partial charge in [-0.05, 0) is 6.42 Å². The maximum Gasteiger partial charge on any atom is 0.272 e. The van der Waals surface area contributed by atoms with Gasteiger partial charge in [-0.3, -0.25) is 9.89 Å². The van der Waals surface area contributed by atoms with Crippen LogP contribution in [0.3, 0.4) is 0 Å². The van der Waals surface area contributed by atoms with E-state index in [1.807, 2.05) is 6.08 Å². The summed E-state index contributed by atoms with van der Waals surface area (Å²) in [6.07, 6.45) is 3.52. The zero-order valence-corrected chi connectivity index (χ0v) is 12.2. The van der Waals surface area contributed by atoms with Crippen molar-refractivity contribution in [3.63, 3.8) is 0 Å². The quantitative estimate of drug-likeness (QED) is 0.514. The maximum absolute atomic E-state index is 12.0. The molecular formula is C13H21ClN4O2. The normalized spacial score (nSPS) is 13.2. The number of hydrogen-bond donors (Lipinski definition) is 3. The van der Waals surface area contributed by atoms with Crippen LogP contribution in [0.5, 0.6) is 0 Å². The van der Waals surface area contributed by atoms with Gasteiger partial charge in [-0.25, -0.2) is 0 Å². The molecular weight excluding hydrogens is 280 g/mol. The third-order valence-corrected chi connectivity index (χ3v) is 3.02. The molecule has 0 aromatic carbocycles. The first kappa shape index (κ1) is 16.7. The highest BCUT2D eigenvalue weighted by Crippen LogP contribution is 2.14. The molecule has 2 heterocycles. The van der Waals surface area contributed by atoms with Crippen LogP contribution in [0.1, 0.15) is 28.2 Å². The fourth-order valence-corrected chi connectivity index (χ4v) is 2.00. The Morgan fingerprint density at radius 1 is 1.50 bits per heavy atom. The van der Waals surface area contributed by atoms with Crippen LogP contribution >= 0.6 is 12.4 Å². The van der Waals surface area contributed by atoms with Gasteiger partial charge in [0.1, 0.15) is 0 Å². The molecule has 1 aliphatic rings. The number of aromatic amines is 1. The van der Waals surface area contributed by atoms with Gasteiger partial charge in [0, 0.05) is 37.3 Å². The monoisotopic (exact) mass is 300 g/mol. The molecule has 1 aromatic rings. The van der Waals surface area contributed by atoms with Crippen molar-refractivity contribution in [2.75, 3.05) is 26.3 Å². The van der Waals surface area contributed by atoms with Crippen molar-refractivity contribution in [1.29, 1.82) is 0 Å². The molecule has 0 unspecified atom stereocenters. The van der Waals surface area contributed by atoms with E-state index in [0.717, 1.165) is 30.6 Å². The number of aromatic nitrogens is 2. The SMILES string of the molecule is C=CCCOCCNC(=O)c1n[nH]c2c1CNCC2.Cl. The molecule has 3 N–H and O–H groups in total. The Kier molecular flexibility index (Phi) is 7.28. The van der Waals surface area contributed by atoms with Gasteiger partial charge in [-0.1, -0.05) is 6.08 Å². The Hall–Kier alpha value is -1.37. The fraction of sp³-hybridized carbons (Fsp3) is 0.538. The largest absolute Gasteiger partial charge is 0.379 e. The molecule has 20 heavy (non-hydrogen) atoms. The van der Waals surface area contributed by atoms with Crippen LogP contribution in [0.25, 0.3) is 0 Å². The number of rotatable bonds is 7. The fourth-order valence-electron chi connectivity index (χ4n) is 2.00. The van der Waals surface area contributed by atoms with E-state index in [0.29, 0.717) is 32.0 Å². The van der Waals surface area contributed by atoms with Crippen molar-refractivity contribution in [1.82, 2.24) is 20.8 Å². The zero-order chi connectivity index (χ0) is 13.5. The number of carbonyl (C=O) groups is 1. The molecule has 0 atom stereocenters. The molecule has 0 aliphatic carbocycles. The highest BCUT2D eigenvalue weighted by atomic mass is 35.5. The molecule has 0 saturated heterocycles. The number of carbonyl (C=O) groups excluding carboxylic acids is 1. The predicted octanol–water partition coefficient (Wildman–Crippen LogP) is 0.800. The summed E-state index contributed by atoms with van der Waals surface area (Å²) < 4.78 is 5.33. The minimum absolute atomic E-state index is 0. The van der Waals surface area contributed by atoms with E-state index in [1.54, 1.807) is 0 Å². The molecule has 1 aromatic heterocycles. The summed E-state index contributed by atoms with van der Waals surface area (Å²) >= 11 is 0. The number of fused-ring (bicyclic) bond motifs is 1. The van der Waals surface area contributed by atoms with Gasteiger partial charge >= 0.3 is 0 Å². The summed E-state index contributed by atoms with van der Waals surface area (Å²) in [6, 6.07) is 0. The van der Waals surface area contributed by atoms with Crippen molar-refractivity contribution >= 4 is 18.3 Å². The third kappa shape index (κ3) is 4.33. The van der Waals surface area contributed by atoms with E-state index >= 15 is 0 Å². The summed E-state index contributed by atoms with van der Waals surface area (Å²) in [5.41, 5.74) is 2.54. The summed E-state index contributed by atoms with van der Waals surface area (Å²) in [6.45, 7) is 6.87. The average molecular weight is 301 g/mol.